The van der Waals surface area contributed by atoms with Gasteiger partial charge in [-0.3, -0.25) is 0 Å². The van der Waals surface area contributed by atoms with Gasteiger partial charge in [0, 0.05) is 21.9 Å². The Bertz CT molecular complexity index is 1790. The van der Waals surface area contributed by atoms with Crippen LogP contribution in [0.25, 0.3) is 32.4 Å². The van der Waals surface area contributed by atoms with E-state index in [2.05, 4.69) is 9.13 Å². The summed E-state index contributed by atoms with van der Waals surface area (Å²) in [7, 11) is 3.98. The van der Waals surface area contributed by atoms with Gasteiger partial charge in [0.05, 0.1) is 27.3 Å². The lowest BCUT2D eigenvalue weighted by molar-refractivity contribution is -0.631. The molecule has 4 aromatic heterocycles. The van der Waals surface area contributed by atoms with Crippen LogP contribution in [0.15, 0.2) is 83.8 Å². The largest absolute Gasteiger partial charge is 1.00 e. The molecule has 0 fully saturated rings. The second-order valence-corrected chi connectivity index (χ2v) is 13.2. The lowest BCUT2D eigenvalue weighted by Crippen LogP contribution is -3.00. The highest BCUT2D eigenvalue weighted by Gasteiger charge is 2.33. The smallest absolute Gasteiger partial charge is 0.383 e. The minimum absolute atomic E-state index is 0. The fraction of sp³-hybridized carbons (Fsp3) is 0.333. The molecule has 0 spiro atoms. The molecule has 0 aliphatic carbocycles. The average molecular weight is 911 g/mol. The predicted molar refractivity (Wildman–Crippen MR) is 181 cm³/mol. The molecule has 0 N–H and O–H groups in total. The van der Waals surface area contributed by atoms with Gasteiger partial charge in [-0.25, -0.2) is 18.7 Å². The van der Waals surface area contributed by atoms with Crippen LogP contribution < -0.4 is 57.1 Å². The Morgan fingerprint density at radius 1 is 0.583 bits per heavy atom. The summed E-state index contributed by atoms with van der Waals surface area (Å²) in [5, 5.41) is 3.97. The van der Waals surface area contributed by atoms with Gasteiger partial charge >= 0.3 is 21.9 Å². The maximum Gasteiger partial charge on any atom is 0.383 e. The average Bonchev–Trinajstić information content (AvgIpc) is 3.86. The number of carbonyl (C=O) groups is 2. The molecule has 254 valence electrons. The molecule has 0 unspecified atom stereocenters. The first-order valence-electron chi connectivity index (χ1n) is 16.0. The summed E-state index contributed by atoms with van der Waals surface area (Å²) >= 11 is 3.21. The number of fused-ring (bicyclic) bond motifs is 2. The van der Waals surface area contributed by atoms with Crippen molar-refractivity contribution in [3.8, 4) is 22.5 Å². The van der Waals surface area contributed by atoms with Crippen LogP contribution in [0.1, 0.15) is 72.3 Å². The van der Waals surface area contributed by atoms with Crippen LogP contribution in [0.3, 0.4) is 0 Å². The van der Waals surface area contributed by atoms with Crippen molar-refractivity contribution in [1.82, 2.24) is 8.80 Å². The molecular formula is C36H40I2N4O4S2. The number of esters is 2. The summed E-state index contributed by atoms with van der Waals surface area (Å²) in [5.41, 5.74) is 4.91. The SMILES string of the molecule is C[n+]1c(-c2ccccc2)c(C(=O)OCCCCCCCCCCOC(=O)c2c(-c3ccccc3)[n+](C)c3sccn23)n2ccsc21.[I-].[I-]. The van der Waals surface area contributed by atoms with Gasteiger partial charge in [0.15, 0.2) is 11.4 Å². The molecule has 8 nitrogen and oxygen atoms in total. The molecular weight excluding hydrogens is 870 g/mol. The molecule has 0 saturated heterocycles. The number of nitrogens with zero attached hydrogens (tertiary/aromatic N) is 4. The third-order valence-electron chi connectivity index (χ3n) is 8.34. The number of unbranched alkanes of at least 4 members (excludes halogenated alkanes) is 7. The molecule has 0 saturated carbocycles. The Balaban J connectivity index is 0.00000260. The molecule has 0 aliphatic rings. The molecule has 48 heavy (non-hydrogen) atoms. The van der Waals surface area contributed by atoms with Gasteiger partial charge in [-0.05, 0) is 12.8 Å². The fourth-order valence-electron chi connectivity index (χ4n) is 6.08. The van der Waals surface area contributed by atoms with Crippen LogP contribution in [0.2, 0.25) is 0 Å². The van der Waals surface area contributed by atoms with Crippen molar-refractivity contribution in [2.24, 2.45) is 14.1 Å². The normalized spacial score (nSPS) is 11.0. The van der Waals surface area contributed by atoms with Crippen LogP contribution in [-0.2, 0) is 23.6 Å². The number of hydrogen-bond donors (Lipinski definition) is 0. The first kappa shape index (κ1) is 38.0. The Morgan fingerprint density at radius 2 is 0.938 bits per heavy atom. The van der Waals surface area contributed by atoms with E-state index in [0.29, 0.717) is 24.6 Å². The van der Waals surface area contributed by atoms with Gasteiger partial charge in [0.25, 0.3) is 11.4 Å². The summed E-state index contributed by atoms with van der Waals surface area (Å²) in [6, 6.07) is 20.0. The molecule has 4 heterocycles. The van der Waals surface area contributed by atoms with Crippen LogP contribution in [0.5, 0.6) is 0 Å². The number of ether oxygens (including phenoxy) is 2. The standard InChI is InChI=1S/C36H40N4O4S2.2HI/c1-37-29(27-17-11-9-12-18-27)31(39-21-25-45-35(37)39)33(41)43-23-15-7-5-3-4-6-8-16-24-44-34(42)32-30(28-19-13-10-14-20-28)38(2)36-40(32)22-26-46-36;;/h9-14,17-22,25-26H,3-8,15-16,23-24H2,1-2H3;2*1H/q+2;;/p-2. The van der Waals surface area contributed by atoms with Gasteiger partial charge < -0.3 is 57.4 Å². The zero-order chi connectivity index (χ0) is 31.9. The highest BCUT2D eigenvalue weighted by Crippen LogP contribution is 2.27. The second-order valence-electron chi connectivity index (χ2n) is 11.5. The Hall–Kier alpha value is -2.82. The number of thiazole rings is 2. The number of rotatable bonds is 15. The monoisotopic (exact) mass is 910 g/mol. The highest BCUT2D eigenvalue weighted by atomic mass is 127. The van der Waals surface area contributed by atoms with Gasteiger partial charge in [0.1, 0.15) is 12.4 Å². The Labute approximate surface area is 323 Å². The minimum atomic E-state index is -0.282. The number of carbonyl (C=O) groups excluding carboxylic acids is 2. The maximum atomic E-state index is 13.2. The van der Waals surface area contributed by atoms with Gasteiger partial charge in [-0.15, -0.1) is 0 Å². The first-order chi connectivity index (χ1) is 22.6. The molecule has 0 radical (unpaired) electrons. The van der Waals surface area contributed by atoms with E-state index in [1.165, 1.54) is 0 Å². The summed E-state index contributed by atoms with van der Waals surface area (Å²) in [6.07, 6.45) is 12.1. The number of benzene rings is 2. The summed E-state index contributed by atoms with van der Waals surface area (Å²) in [4.78, 5) is 28.4. The molecule has 0 atom stereocenters. The topological polar surface area (TPSA) is 69.2 Å². The molecule has 12 heteroatoms. The van der Waals surface area contributed by atoms with Crippen molar-refractivity contribution >= 4 is 44.5 Å². The second kappa shape index (κ2) is 18.3. The maximum absolute atomic E-state index is 13.2. The molecule has 0 bridgehead atoms. The predicted octanol–water partition coefficient (Wildman–Crippen LogP) is 1.44. The van der Waals surface area contributed by atoms with E-state index >= 15 is 0 Å². The molecule has 6 aromatic rings. The molecule has 0 amide bonds. The zero-order valence-corrected chi connectivity index (χ0v) is 33.1. The number of aryl methyl sites for hydroxylation is 2. The Morgan fingerprint density at radius 3 is 1.31 bits per heavy atom. The summed E-state index contributed by atoms with van der Waals surface area (Å²) in [6.45, 7) is 0.839. The van der Waals surface area contributed by atoms with E-state index in [0.717, 1.165) is 83.8 Å². The molecule has 6 rings (SSSR count). The van der Waals surface area contributed by atoms with Crippen molar-refractivity contribution in [1.29, 1.82) is 0 Å². The van der Waals surface area contributed by atoms with Crippen LogP contribution >= 0.6 is 22.7 Å². The van der Waals surface area contributed by atoms with Crippen LogP contribution in [0.4, 0.5) is 0 Å². The first-order valence-corrected chi connectivity index (χ1v) is 17.7. The third-order valence-corrected chi connectivity index (χ3v) is 10.2. The quantitative estimate of drug-likeness (QED) is 0.0679. The number of aromatic nitrogens is 4. The lowest BCUT2D eigenvalue weighted by Gasteiger charge is -2.06. The Kier molecular flexibility index (Phi) is 14.4. The van der Waals surface area contributed by atoms with E-state index in [4.69, 9.17) is 9.47 Å². The number of halogens is 2. The summed E-state index contributed by atoms with van der Waals surface area (Å²) < 4.78 is 19.5. The summed E-state index contributed by atoms with van der Waals surface area (Å²) in [5.74, 6) is -0.564. The van der Waals surface area contributed by atoms with E-state index in [1.807, 2.05) is 107 Å². The molecule has 2 aromatic carbocycles. The van der Waals surface area contributed by atoms with Crippen LogP contribution in [0, 0.1) is 0 Å². The van der Waals surface area contributed by atoms with Crippen molar-refractivity contribution in [3.63, 3.8) is 0 Å². The van der Waals surface area contributed by atoms with Gasteiger partial charge in [-0.1, -0.05) is 122 Å². The van der Waals surface area contributed by atoms with Crippen LogP contribution in [-0.4, -0.2) is 34.0 Å². The minimum Gasteiger partial charge on any atom is -1.00 e. The number of imidazole rings is 2. The molecule has 0 aliphatic heterocycles. The van der Waals surface area contributed by atoms with E-state index in [1.54, 1.807) is 22.7 Å². The highest BCUT2D eigenvalue weighted by molar-refractivity contribution is 7.15. The van der Waals surface area contributed by atoms with E-state index < -0.39 is 0 Å². The third kappa shape index (κ3) is 8.30. The number of hydrogen-bond acceptors (Lipinski definition) is 6. The van der Waals surface area contributed by atoms with Gasteiger partial charge in [-0.2, -0.15) is 8.80 Å². The van der Waals surface area contributed by atoms with Gasteiger partial charge in [0.2, 0.25) is 0 Å². The van der Waals surface area contributed by atoms with E-state index in [9.17, 15) is 9.59 Å². The van der Waals surface area contributed by atoms with Crippen molar-refractivity contribution in [3.05, 3.63) is 95.2 Å². The lowest BCUT2D eigenvalue weighted by atomic mass is 10.1. The van der Waals surface area contributed by atoms with E-state index in [-0.39, 0.29) is 59.9 Å². The van der Waals surface area contributed by atoms with Crippen molar-refractivity contribution in [2.45, 2.75) is 51.4 Å². The zero-order valence-electron chi connectivity index (χ0n) is 27.1. The fourth-order valence-corrected chi connectivity index (χ4v) is 7.72. The van der Waals surface area contributed by atoms with Crippen molar-refractivity contribution < 1.29 is 76.2 Å². The van der Waals surface area contributed by atoms with Crippen molar-refractivity contribution in [2.75, 3.05) is 13.2 Å².